The molecule has 0 saturated heterocycles. The van der Waals surface area contributed by atoms with Crippen LogP contribution in [0.25, 0.3) is 33.1 Å². The van der Waals surface area contributed by atoms with Crippen LogP contribution < -0.4 is 10.9 Å². The summed E-state index contributed by atoms with van der Waals surface area (Å²) in [7, 11) is 0. The SMILES string of the molecule is CCC(C)C(NC(=O)Cc1c(C)c2cc3c(-c4ccccc4)coc3cc2oc1=O)C(=O)O. The molecule has 2 aromatic heterocycles. The van der Waals surface area contributed by atoms with Crippen molar-refractivity contribution in [3.63, 3.8) is 0 Å². The molecule has 0 aliphatic heterocycles. The highest BCUT2D eigenvalue weighted by atomic mass is 16.4. The Bertz CT molecular complexity index is 1400. The first-order valence-electron chi connectivity index (χ1n) is 10.8. The van der Waals surface area contributed by atoms with Crippen molar-refractivity contribution in [2.75, 3.05) is 0 Å². The molecule has 7 nitrogen and oxygen atoms in total. The van der Waals surface area contributed by atoms with Gasteiger partial charge in [0.25, 0.3) is 0 Å². The van der Waals surface area contributed by atoms with Gasteiger partial charge in [0.05, 0.1) is 18.2 Å². The van der Waals surface area contributed by atoms with E-state index in [1.165, 1.54) is 0 Å². The molecule has 0 spiro atoms. The van der Waals surface area contributed by atoms with Crippen LogP contribution in [-0.2, 0) is 16.0 Å². The number of furan rings is 1. The van der Waals surface area contributed by atoms with Gasteiger partial charge in [-0.3, -0.25) is 4.79 Å². The Balaban J connectivity index is 1.74. The van der Waals surface area contributed by atoms with Crippen molar-refractivity contribution < 1.29 is 23.5 Å². The average molecular weight is 447 g/mol. The van der Waals surface area contributed by atoms with Gasteiger partial charge >= 0.3 is 11.6 Å². The first-order chi connectivity index (χ1) is 15.8. The second-order valence-electron chi connectivity index (χ2n) is 8.30. The molecular formula is C26H25NO6. The van der Waals surface area contributed by atoms with Gasteiger partial charge in [0.2, 0.25) is 5.91 Å². The predicted molar refractivity (Wildman–Crippen MR) is 125 cm³/mol. The molecule has 33 heavy (non-hydrogen) atoms. The Morgan fingerprint density at radius 3 is 2.48 bits per heavy atom. The summed E-state index contributed by atoms with van der Waals surface area (Å²) in [5.74, 6) is -1.88. The van der Waals surface area contributed by atoms with Crippen molar-refractivity contribution in [2.24, 2.45) is 5.92 Å². The summed E-state index contributed by atoms with van der Waals surface area (Å²) >= 11 is 0. The number of carboxylic acids is 1. The van der Waals surface area contributed by atoms with Crippen LogP contribution in [0.1, 0.15) is 31.4 Å². The first kappa shape index (κ1) is 22.3. The maximum Gasteiger partial charge on any atom is 0.340 e. The first-order valence-corrected chi connectivity index (χ1v) is 10.8. The van der Waals surface area contributed by atoms with Gasteiger partial charge in [-0.2, -0.15) is 0 Å². The third kappa shape index (κ3) is 4.26. The predicted octanol–water partition coefficient (Wildman–Crippen LogP) is 4.67. The molecule has 0 aliphatic carbocycles. The highest BCUT2D eigenvalue weighted by Crippen LogP contribution is 2.34. The van der Waals surface area contributed by atoms with Crippen molar-refractivity contribution in [1.82, 2.24) is 5.32 Å². The van der Waals surface area contributed by atoms with Gasteiger partial charge in [-0.1, -0.05) is 50.6 Å². The van der Waals surface area contributed by atoms with E-state index in [9.17, 15) is 19.5 Å². The minimum atomic E-state index is -1.10. The van der Waals surface area contributed by atoms with E-state index in [-0.39, 0.29) is 17.9 Å². The number of benzene rings is 2. The van der Waals surface area contributed by atoms with E-state index in [0.717, 1.165) is 16.5 Å². The van der Waals surface area contributed by atoms with Gasteiger partial charge in [-0.15, -0.1) is 0 Å². The summed E-state index contributed by atoms with van der Waals surface area (Å²) in [5.41, 5.74) is 3.06. The van der Waals surface area contributed by atoms with Crippen molar-refractivity contribution in [3.8, 4) is 11.1 Å². The minimum absolute atomic E-state index is 0.206. The van der Waals surface area contributed by atoms with E-state index in [1.54, 1.807) is 26.2 Å². The largest absolute Gasteiger partial charge is 0.480 e. The second-order valence-corrected chi connectivity index (χ2v) is 8.30. The molecular weight excluding hydrogens is 422 g/mol. The maximum absolute atomic E-state index is 12.7. The number of nitrogens with one attached hydrogen (secondary N) is 1. The molecule has 2 atom stereocenters. The van der Waals surface area contributed by atoms with Crippen molar-refractivity contribution in [1.29, 1.82) is 0 Å². The van der Waals surface area contributed by atoms with Crippen LogP contribution in [0.2, 0.25) is 0 Å². The summed E-state index contributed by atoms with van der Waals surface area (Å²) in [6.45, 7) is 5.38. The van der Waals surface area contributed by atoms with Gasteiger partial charge < -0.3 is 19.3 Å². The van der Waals surface area contributed by atoms with E-state index in [4.69, 9.17) is 8.83 Å². The number of carbonyl (C=O) groups excluding carboxylic acids is 1. The Hall–Kier alpha value is -3.87. The Kier molecular flexibility index (Phi) is 6.05. The molecule has 0 bridgehead atoms. The van der Waals surface area contributed by atoms with E-state index in [2.05, 4.69) is 5.32 Å². The standard InChI is InChI=1S/C26H25NO6/c1-4-14(2)24(25(29)30)27-23(28)11-18-15(3)17-10-19-20(16-8-6-5-7-9-16)13-32-21(19)12-22(17)33-26(18)31/h5-10,12-14,24H,4,11H2,1-3H3,(H,27,28)(H,29,30). The summed E-state index contributed by atoms with van der Waals surface area (Å²) in [5, 5.41) is 13.5. The molecule has 170 valence electrons. The lowest BCUT2D eigenvalue weighted by molar-refractivity contribution is -0.143. The molecule has 0 fully saturated rings. The molecule has 2 N–H and O–H groups in total. The fourth-order valence-electron chi connectivity index (χ4n) is 4.02. The van der Waals surface area contributed by atoms with E-state index in [1.807, 2.05) is 43.3 Å². The van der Waals surface area contributed by atoms with Crippen LogP contribution in [0.3, 0.4) is 0 Å². The monoisotopic (exact) mass is 447 g/mol. The molecule has 4 rings (SSSR count). The van der Waals surface area contributed by atoms with Crippen LogP contribution in [0.5, 0.6) is 0 Å². The van der Waals surface area contributed by atoms with Crippen LogP contribution >= 0.6 is 0 Å². The third-order valence-corrected chi connectivity index (χ3v) is 6.20. The van der Waals surface area contributed by atoms with Crippen molar-refractivity contribution in [3.05, 3.63) is 70.3 Å². The van der Waals surface area contributed by atoms with Crippen LogP contribution in [0, 0.1) is 12.8 Å². The topological polar surface area (TPSA) is 110 Å². The summed E-state index contributed by atoms with van der Waals surface area (Å²) in [4.78, 5) is 36.8. The number of hydrogen-bond donors (Lipinski definition) is 2. The van der Waals surface area contributed by atoms with Crippen molar-refractivity contribution >= 4 is 33.8 Å². The molecule has 1 amide bonds. The zero-order valence-corrected chi connectivity index (χ0v) is 18.7. The molecule has 2 heterocycles. The van der Waals surface area contributed by atoms with E-state index < -0.39 is 23.5 Å². The van der Waals surface area contributed by atoms with Gasteiger partial charge in [-0.05, 0) is 30.0 Å². The maximum atomic E-state index is 12.7. The molecule has 2 aromatic carbocycles. The van der Waals surface area contributed by atoms with Crippen LogP contribution in [0.4, 0.5) is 0 Å². The normalized spacial score (nSPS) is 13.2. The van der Waals surface area contributed by atoms with E-state index >= 15 is 0 Å². The summed E-state index contributed by atoms with van der Waals surface area (Å²) in [6.07, 6.45) is 2.00. The number of aryl methyl sites for hydroxylation is 1. The van der Waals surface area contributed by atoms with Crippen LogP contribution in [-0.4, -0.2) is 23.0 Å². The Morgan fingerprint density at radius 1 is 1.09 bits per heavy atom. The number of aliphatic carboxylic acids is 1. The quantitative estimate of drug-likeness (QED) is 0.398. The van der Waals surface area contributed by atoms with Crippen LogP contribution in [0.15, 0.2) is 62.4 Å². The lowest BCUT2D eigenvalue weighted by Crippen LogP contribution is -2.45. The number of rotatable bonds is 7. The van der Waals surface area contributed by atoms with Gasteiger partial charge in [0, 0.05) is 22.4 Å². The smallest absolute Gasteiger partial charge is 0.340 e. The lowest BCUT2D eigenvalue weighted by Gasteiger charge is -2.20. The van der Waals surface area contributed by atoms with E-state index in [0.29, 0.717) is 28.5 Å². The zero-order valence-electron chi connectivity index (χ0n) is 18.7. The minimum Gasteiger partial charge on any atom is -0.480 e. The highest BCUT2D eigenvalue weighted by Gasteiger charge is 2.26. The zero-order chi connectivity index (χ0) is 23.7. The molecule has 4 aromatic rings. The van der Waals surface area contributed by atoms with Gasteiger partial charge in [0.15, 0.2) is 0 Å². The summed E-state index contributed by atoms with van der Waals surface area (Å²) in [6, 6.07) is 12.4. The van der Waals surface area contributed by atoms with Gasteiger partial charge in [-0.25, -0.2) is 9.59 Å². The number of fused-ring (bicyclic) bond motifs is 2. The fourth-order valence-corrected chi connectivity index (χ4v) is 4.02. The molecule has 0 saturated carbocycles. The average Bonchev–Trinajstić information content (AvgIpc) is 3.22. The third-order valence-electron chi connectivity index (χ3n) is 6.20. The molecule has 2 unspecified atom stereocenters. The summed E-state index contributed by atoms with van der Waals surface area (Å²) < 4.78 is 11.2. The Labute approximate surface area is 190 Å². The number of carbonyl (C=O) groups is 2. The fraction of sp³-hybridized carbons (Fsp3) is 0.269. The van der Waals surface area contributed by atoms with Crippen molar-refractivity contribution in [2.45, 2.75) is 39.7 Å². The lowest BCUT2D eigenvalue weighted by atomic mass is 9.97. The second kappa shape index (κ2) is 8.94. The highest BCUT2D eigenvalue weighted by molar-refractivity contribution is 6.02. The Morgan fingerprint density at radius 2 is 1.82 bits per heavy atom. The molecule has 0 aliphatic rings. The van der Waals surface area contributed by atoms with Gasteiger partial charge in [0.1, 0.15) is 17.2 Å². The molecule has 7 heteroatoms. The number of carboxylic acid groups (broad SMARTS) is 1. The molecule has 0 radical (unpaired) electrons. The number of amides is 1. The number of hydrogen-bond acceptors (Lipinski definition) is 5.